The van der Waals surface area contributed by atoms with Crippen LogP contribution in [0.4, 0.5) is 0 Å². The smallest absolute Gasteiger partial charge is 0.0775 e. The average Bonchev–Trinajstić information content (AvgIpc) is 2.32. The van der Waals surface area contributed by atoms with Crippen molar-refractivity contribution in [1.29, 1.82) is 0 Å². The zero-order chi connectivity index (χ0) is 14.3. The monoisotopic (exact) mass is 277 g/mol. The first-order valence-corrected chi connectivity index (χ1v) is 10.4. The first-order chi connectivity index (χ1) is 8.89. The van der Waals surface area contributed by atoms with Crippen molar-refractivity contribution in [1.82, 2.24) is 5.32 Å². The van der Waals surface area contributed by atoms with Gasteiger partial charge in [-0.1, -0.05) is 61.2 Å². The average molecular weight is 277 g/mol. The van der Waals surface area contributed by atoms with Crippen LogP contribution in [-0.4, -0.2) is 27.8 Å². The lowest BCUT2D eigenvalue weighted by atomic mass is 10.2. The summed E-state index contributed by atoms with van der Waals surface area (Å²) in [5.74, 6) is 0. The molecule has 0 unspecified atom stereocenters. The van der Waals surface area contributed by atoms with Gasteiger partial charge in [-0.2, -0.15) is 0 Å². The molecule has 0 spiro atoms. The van der Waals surface area contributed by atoms with E-state index in [9.17, 15) is 0 Å². The van der Waals surface area contributed by atoms with Crippen molar-refractivity contribution in [2.45, 2.75) is 33.1 Å². The van der Waals surface area contributed by atoms with Gasteiger partial charge in [0.2, 0.25) is 0 Å². The van der Waals surface area contributed by atoms with Crippen LogP contribution in [0.5, 0.6) is 0 Å². The Morgan fingerprint density at radius 1 is 1.21 bits per heavy atom. The molecule has 0 aromatic heterocycles. The molecule has 1 N–H and O–H groups in total. The van der Waals surface area contributed by atoms with Crippen LogP contribution in [0.25, 0.3) is 0 Å². The van der Waals surface area contributed by atoms with E-state index >= 15 is 0 Å². The largest absolute Gasteiger partial charge is 0.376 e. The van der Waals surface area contributed by atoms with Crippen LogP contribution >= 0.6 is 0 Å². The van der Waals surface area contributed by atoms with E-state index in [0.29, 0.717) is 6.61 Å². The van der Waals surface area contributed by atoms with E-state index in [1.165, 1.54) is 10.8 Å². The fraction of sp³-hybridized carbons (Fsp3) is 0.500. The first kappa shape index (κ1) is 16.2. The second-order valence-corrected chi connectivity index (χ2v) is 11.2. The molecule has 2 nitrogen and oxygen atoms in total. The third-order valence-corrected chi connectivity index (χ3v) is 4.99. The van der Waals surface area contributed by atoms with E-state index in [1.54, 1.807) is 0 Å². The van der Waals surface area contributed by atoms with Crippen molar-refractivity contribution in [3.8, 4) is 0 Å². The Morgan fingerprint density at radius 3 is 2.37 bits per heavy atom. The third-order valence-electron chi connectivity index (χ3n) is 2.92. The number of hydrogen-bond acceptors (Lipinski definition) is 2. The van der Waals surface area contributed by atoms with Crippen molar-refractivity contribution in [2.24, 2.45) is 0 Å². The number of benzene rings is 1. The number of rotatable bonds is 8. The van der Waals surface area contributed by atoms with Gasteiger partial charge in [-0.15, -0.1) is 0 Å². The topological polar surface area (TPSA) is 21.3 Å². The fourth-order valence-electron chi connectivity index (χ4n) is 1.75. The zero-order valence-electron chi connectivity index (χ0n) is 12.8. The maximum atomic E-state index is 5.44. The Morgan fingerprint density at radius 2 is 1.84 bits per heavy atom. The Kier molecular flexibility index (Phi) is 6.49. The molecule has 0 fully saturated rings. The molecule has 0 atom stereocenters. The van der Waals surface area contributed by atoms with Gasteiger partial charge in [0, 0.05) is 13.1 Å². The summed E-state index contributed by atoms with van der Waals surface area (Å²) in [6.45, 7) is 16.1. The lowest BCUT2D eigenvalue weighted by Crippen LogP contribution is -2.37. The van der Waals surface area contributed by atoms with Crippen LogP contribution in [0.3, 0.4) is 0 Å². The maximum absolute atomic E-state index is 5.44. The van der Waals surface area contributed by atoms with E-state index in [1.807, 2.05) is 6.92 Å². The van der Waals surface area contributed by atoms with Crippen LogP contribution in [0, 0.1) is 0 Å². The van der Waals surface area contributed by atoms with E-state index in [2.05, 4.69) is 55.8 Å². The van der Waals surface area contributed by atoms with Crippen LogP contribution in [-0.2, 0) is 11.3 Å². The SMILES string of the molecule is C=C(C)COCCNCc1ccc([Si](C)(C)C)cc1. The molecule has 0 aliphatic rings. The molecule has 0 saturated heterocycles. The fourth-order valence-corrected chi connectivity index (χ4v) is 2.91. The van der Waals surface area contributed by atoms with E-state index in [4.69, 9.17) is 4.74 Å². The summed E-state index contributed by atoms with van der Waals surface area (Å²) in [4.78, 5) is 0. The molecule has 0 heterocycles. The Hall–Kier alpha value is -0.903. The summed E-state index contributed by atoms with van der Waals surface area (Å²) >= 11 is 0. The number of hydrogen-bond donors (Lipinski definition) is 1. The molecule has 0 amide bonds. The van der Waals surface area contributed by atoms with Gasteiger partial charge in [-0.05, 0) is 12.5 Å². The third kappa shape index (κ3) is 6.71. The summed E-state index contributed by atoms with van der Waals surface area (Å²) in [6.07, 6.45) is 0. The first-order valence-electron chi connectivity index (χ1n) is 6.92. The summed E-state index contributed by atoms with van der Waals surface area (Å²) in [5.41, 5.74) is 2.41. The predicted molar refractivity (Wildman–Crippen MR) is 86.8 cm³/mol. The van der Waals surface area contributed by atoms with Crippen LogP contribution in [0.15, 0.2) is 36.4 Å². The highest BCUT2D eigenvalue weighted by Gasteiger charge is 2.15. The Balaban J connectivity index is 2.25. The summed E-state index contributed by atoms with van der Waals surface area (Å²) < 4.78 is 5.44. The molecule has 0 aliphatic heterocycles. The quantitative estimate of drug-likeness (QED) is 0.448. The number of nitrogens with one attached hydrogen (secondary N) is 1. The molecule has 0 aliphatic carbocycles. The van der Waals surface area contributed by atoms with Crippen molar-refractivity contribution in [3.05, 3.63) is 42.0 Å². The van der Waals surface area contributed by atoms with Gasteiger partial charge in [0.25, 0.3) is 0 Å². The second-order valence-electron chi connectivity index (χ2n) is 6.13. The molecule has 0 saturated carbocycles. The summed E-state index contributed by atoms with van der Waals surface area (Å²) in [5, 5.41) is 4.91. The standard InChI is InChI=1S/C16H27NOSi/c1-14(2)13-18-11-10-17-12-15-6-8-16(9-7-15)19(3,4)5/h6-9,17H,1,10-13H2,2-5H3. The van der Waals surface area contributed by atoms with E-state index in [0.717, 1.165) is 25.3 Å². The van der Waals surface area contributed by atoms with Gasteiger partial charge in [0.05, 0.1) is 21.3 Å². The predicted octanol–water partition coefficient (Wildman–Crippen LogP) is 2.91. The summed E-state index contributed by atoms with van der Waals surface area (Å²) in [7, 11) is -1.16. The highest BCUT2D eigenvalue weighted by atomic mass is 28.3. The van der Waals surface area contributed by atoms with Gasteiger partial charge < -0.3 is 10.1 Å². The molecule has 106 valence electrons. The van der Waals surface area contributed by atoms with Crippen LogP contribution < -0.4 is 10.5 Å². The normalized spacial score (nSPS) is 11.6. The van der Waals surface area contributed by atoms with Crippen molar-refractivity contribution in [2.75, 3.05) is 19.8 Å². The van der Waals surface area contributed by atoms with Gasteiger partial charge in [-0.3, -0.25) is 0 Å². The van der Waals surface area contributed by atoms with Crippen molar-refractivity contribution in [3.63, 3.8) is 0 Å². The minimum Gasteiger partial charge on any atom is -0.376 e. The van der Waals surface area contributed by atoms with E-state index < -0.39 is 8.07 Å². The van der Waals surface area contributed by atoms with Crippen molar-refractivity contribution >= 4 is 13.3 Å². The van der Waals surface area contributed by atoms with Gasteiger partial charge in [0.15, 0.2) is 0 Å². The highest BCUT2D eigenvalue weighted by Crippen LogP contribution is 2.04. The Bertz CT molecular complexity index is 392. The molecule has 1 aromatic carbocycles. The second kappa shape index (κ2) is 7.63. The van der Waals surface area contributed by atoms with Crippen LogP contribution in [0.1, 0.15) is 12.5 Å². The van der Waals surface area contributed by atoms with Gasteiger partial charge in [-0.25, -0.2) is 0 Å². The maximum Gasteiger partial charge on any atom is 0.0775 e. The minimum atomic E-state index is -1.16. The lowest BCUT2D eigenvalue weighted by molar-refractivity contribution is 0.158. The van der Waals surface area contributed by atoms with Crippen LogP contribution in [0.2, 0.25) is 19.6 Å². The van der Waals surface area contributed by atoms with Gasteiger partial charge in [0.1, 0.15) is 0 Å². The zero-order valence-corrected chi connectivity index (χ0v) is 13.8. The van der Waals surface area contributed by atoms with Gasteiger partial charge >= 0.3 is 0 Å². The number of ether oxygens (including phenoxy) is 1. The molecule has 19 heavy (non-hydrogen) atoms. The Labute approximate surface area is 118 Å². The van der Waals surface area contributed by atoms with E-state index in [-0.39, 0.29) is 0 Å². The molecule has 1 rings (SSSR count). The molecule has 0 radical (unpaired) electrons. The molecule has 3 heteroatoms. The minimum absolute atomic E-state index is 0.659. The molecular weight excluding hydrogens is 250 g/mol. The lowest BCUT2D eigenvalue weighted by Gasteiger charge is -2.16. The van der Waals surface area contributed by atoms with Crippen molar-refractivity contribution < 1.29 is 4.74 Å². The molecule has 0 bridgehead atoms. The molecular formula is C16H27NOSi. The summed E-state index contributed by atoms with van der Waals surface area (Å²) in [6, 6.07) is 9.02. The highest BCUT2D eigenvalue weighted by molar-refractivity contribution is 6.88. The molecule has 1 aromatic rings.